The fourth-order valence-corrected chi connectivity index (χ4v) is 6.42. The van der Waals surface area contributed by atoms with Crippen molar-refractivity contribution < 1.29 is 9.47 Å². The number of nitrogens with two attached hydrogens (primary N) is 1. The third-order valence-electron chi connectivity index (χ3n) is 4.60. The number of rotatable bonds is 3. The van der Waals surface area contributed by atoms with Crippen molar-refractivity contribution in [3.63, 3.8) is 0 Å². The molecule has 1 aromatic rings. The summed E-state index contributed by atoms with van der Waals surface area (Å²) >= 11 is 8.90. The average molecular weight is 440 g/mol. The Bertz CT molecular complexity index is 486. The molecule has 2 unspecified atom stereocenters. The number of hydrogen-bond donors (Lipinski definition) is 2. The molecular formula is C14H20Br2N2O2S. The molecule has 1 aromatic heterocycles. The summed E-state index contributed by atoms with van der Waals surface area (Å²) in [5, 5.41) is 0. The molecule has 0 saturated carbocycles. The Labute approximate surface area is 146 Å². The number of nitrogens with one attached hydrogen (secondary N) is 1. The van der Waals surface area contributed by atoms with Crippen LogP contribution in [-0.2, 0) is 9.47 Å². The van der Waals surface area contributed by atoms with E-state index in [1.165, 1.54) is 5.56 Å². The van der Waals surface area contributed by atoms with Crippen molar-refractivity contribution in [1.29, 1.82) is 0 Å². The number of hydrogen-bond acceptors (Lipinski definition) is 5. The Balaban J connectivity index is 1.78. The van der Waals surface area contributed by atoms with E-state index in [4.69, 9.17) is 15.3 Å². The molecule has 3 heterocycles. The van der Waals surface area contributed by atoms with Crippen molar-refractivity contribution in [2.24, 2.45) is 11.8 Å². The van der Waals surface area contributed by atoms with Crippen molar-refractivity contribution in [1.82, 2.24) is 5.43 Å². The zero-order valence-electron chi connectivity index (χ0n) is 11.7. The van der Waals surface area contributed by atoms with Gasteiger partial charge < -0.3 is 9.47 Å². The molecular weight excluding hydrogens is 420 g/mol. The van der Waals surface area contributed by atoms with Gasteiger partial charge in [0.05, 0.1) is 19.2 Å². The molecule has 2 saturated heterocycles. The molecule has 21 heavy (non-hydrogen) atoms. The second-order valence-electron chi connectivity index (χ2n) is 5.82. The lowest BCUT2D eigenvalue weighted by Gasteiger charge is -2.45. The van der Waals surface area contributed by atoms with Gasteiger partial charge in [-0.25, -0.2) is 0 Å². The van der Waals surface area contributed by atoms with Crippen LogP contribution >= 0.6 is 43.2 Å². The summed E-state index contributed by atoms with van der Waals surface area (Å²) in [4.78, 5) is 0. The monoisotopic (exact) mass is 438 g/mol. The van der Waals surface area contributed by atoms with Gasteiger partial charge in [0.2, 0.25) is 0 Å². The van der Waals surface area contributed by atoms with E-state index in [9.17, 15) is 0 Å². The number of hydrazine groups is 1. The number of halogens is 2. The van der Waals surface area contributed by atoms with E-state index in [1.54, 1.807) is 11.3 Å². The predicted octanol–water partition coefficient (Wildman–Crippen LogP) is 3.75. The first kappa shape index (κ1) is 16.4. The molecule has 7 heteroatoms. The van der Waals surface area contributed by atoms with Gasteiger partial charge in [-0.2, -0.15) is 0 Å². The molecule has 4 nitrogen and oxygen atoms in total. The van der Waals surface area contributed by atoms with Gasteiger partial charge in [0.25, 0.3) is 0 Å². The topological polar surface area (TPSA) is 56.5 Å². The summed E-state index contributed by atoms with van der Waals surface area (Å²) in [5.74, 6) is 6.37. The minimum Gasteiger partial charge on any atom is -0.381 e. The highest BCUT2D eigenvalue weighted by Crippen LogP contribution is 2.45. The van der Waals surface area contributed by atoms with Crippen molar-refractivity contribution >= 4 is 43.2 Å². The van der Waals surface area contributed by atoms with Crippen LogP contribution in [0.3, 0.4) is 0 Å². The fraction of sp³-hybridized carbons (Fsp3) is 0.714. The molecule has 1 spiro atoms. The minimum atomic E-state index is -0.00397. The standard InChI is InChI=1S/C14H20Br2N2O2S/c15-11-7-10(13(16)21-11)12(18-17)9-1-4-20-14(8-9)2-5-19-6-3-14/h7,9,12,18H,1-6,8,17H2. The smallest absolute Gasteiger partial charge is 0.0758 e. The van der Waals surface area contributed by atoms with Gasteiger partial charge in [-0.15, -0.1) is 11.3 Å². The quantitative estimate of drug-likeness (QED) is 0.556. The highest BCUT2D eigenvalue weighted by atomic mass is 79.9. The summed E-state index contributed by atoms with van der Waals surface area (Å²) < 4.78 is 13.9. The van der Waals surface area contributed by atoms with Crippen molar-refractivity contribution in [2.75, 3.05) is 19.8 Å². The maximum Gasteiger partial charge on any atom is 0.0758 e. The van der Waals surface area contributed by atoms with E-state index >= 15 is 0 Å². The van der Waals surface area contributed by atoms with Crippen LogP contribution in [0.15, 0.2) is 13.6 Å². The maximum atomic E-state index is 6.14. The molecule has 2 fully saturated rings. The summed E-state index contributed by atoms with van der Waals surface area (Å²) in [6, 6.07) is 2.32. The van der Waals surface area contributed by atoms with Crippen LogP contribution in [0.25, 0.3) is 0 Å². The third kappa shape index (κ3) is 3.54. The first-order valence-corrected chi connectivity index (χ1v) is 9.66. The van der Waals surface area contributed by atoms with Gasteiger partial charge in [0.1, 0.15) is 0 Å². The Morgan fingerprint density at radius 3 is 2.71 bits per heavy atom. The second kappa shape index (κ2) is 6.95. The minimum absolute atomic E-state index is 0.00397. The number of thiophene rings is 1. The fourth-order valence-electron chi connectivity index (χ4n) is 3.49. The van der Waals surface area contributed by atoms with Gasteiger partial charge in [0, 0.05) is 19.8 Å². The van der Waals surface area contributed by atoms with Gasteiger partial charge in [0.15, 0.2) is 0 Å². The molecule has 0 radical (unpaired) electrons. The highest BCUT2D eigenvalue weighted by Gasteiger charge is 2.41. The summed E-state index contributed by atoms with van der Waals surface area (Å²) in [7, 11) is 0. The molecule has 2 aliphatic rings. The predicted molar refractivity (Wildman–Crippen MR) is 91.2 cm³/mol. The van der Waals surface area contributed by atoms with E-state index in [0.717, 1.165) is 53.1 Å². The molecule has 0 aromatic carbocycles. The lowest BCUT2D eigenvalue weighted by Crippen LogP contribution is -2.47. The molecule has 2 aliphatic heterocycles. The van der Waals surface area contributed by atoms with Crippen LogP contribution in [0, 0.1) is 5.92 Å². The van der Waals surface area contributed by atoms with Crippen LogP contribution in [-0.4, -0.2) is 25.4 Å². The lowest BCUT2D eigenvalue weighted by atomic mass is 9.77. The van der Waals surface area contributed by atoms with Crippen molar-refractivity contribution in [3.05, 3.63) is 19.2 Å². The summed E-state index contributed by atoms with van der Waals surface area (Å²) in [6.45, 7) is 2.42. The number of ether oxygens (including phenoxy) is 2. The lowest BCUT2D eigenvalue weighted by molar-refractivity contribution is -0.150. The average Bonchev–Trinajstić information content (AvgIpc) is 2.80. The first-order valence-electron chi connectivity index (χ1n) is 7.26. The van der Waals surface area contributed by atoms with E-state index in [0.29, 0.717) is 5.92 Å². The Kier molecular flexibility index (Phi) is 5.41. The third-order valence-corrected chi connectivity index (χ3v) is 6.99. The first-order chi connectivity index (χ1) is 10.1. The van der Waals surface area contributed by atoms with E-state index in [-0.39, 0.29) is 11.6 Å². The van der Waals surface area contributed by atoms with E-state index in [2.05, 4.69) is 43.4 Å². The SMILES string of the molecule is NNC(c1cc(Br)sc1Br)C1CCOC2(CCOCC2)C1. The van der Waals surface area contributed by atoms with Crippen LogP contribution < -0.4 is 11.3 Å². The summed E-state index contributed by atoms with van der Waals surface area (Å²) in [5.41, 5.74) is 4.27. The molecule has 118 valence electrons. The zero-order valence-corrected chi connectivity index (χ0v) is 15.7. The van der Waals surface area contributed by atoms with Crippen LogP contribution in [0.1, 0.15) is 37.3 Å². The Hall–Kier alpha value is 0.500. The van der Waals surface area contributed by atoms with Gasteiger partial charge >= 0.3 is 0 Å². The molecule has 0 aliphatic carbocycles. The maximum absolute atomic E-state index is 6.14. The van der Waals surface area contributed by atoms with E-state index < -0.39 is 0 Å². The largest absolute Gasteiger partial charge is 0.381 e. The summed E-state index contributed by atoms with van der Waals surface area (Å²) in [6.07, 6.45) is 4.08. The van der Waals surface area contributed by atoms with Crippen molar-refractivity contribution in [2.45, 2.75) is 37.3 Å². The normalized spacial score (nSPS) is 26.9. The highest BCUT2D eigenvalue weighted by molar-refractivity contribution is 9.12. The molecule has 2 atom stereocenters. The van der Waals surface area contributed by atoms with Gasteiger partial charge in [-0.05, 0) is 75.1 Å². The van der Waals surface area contributed by atoms with Crippen LogP contribution in [0.4, 0.5) is 0 Å². The van der Waals surface area contributed by atoms with Gasteiger partial charge in [-0.1, -0.05) is 0 Å². The molecule has 3 rings (SSSR count). The molecule has 0 amide bonds. The van der Waals surface area contributed by atoms with Crippen molar-refractivity contribution in [3.8, 4) is 0 Å². The van der Waals surface area contributed by atoms with Crippen LogP contribution in [0.2, 0.25) is 0 Å². The van der Waals surface area contributed by atoms with Crippen LogP contribution in [0.5, 0.6) is 0 Å². The zero-order chi connectivity index (χ0) is 14.9. The van der Waals surface area contributed by atoms with E-state index in [1.807, 2.05) is 0 Å². The Morgan fingerprint density at radius 1 is 1.33 bits per heavy atom. The molecule has 0 bridgehead atoms. The van der Waals surface area contributed by atoms with Gasteiger partial charge in [-0.3, -0.25) is 11.3 Å². The Morgan fingerprint density at radius 2 is 2.10 bits per heavy atom. The molecule has 3 N–H and O–H groups in total. The second-order valence-corrected chi connectivity index (χ2v) is 9.57.